The molecule has 0 radical (unpaired) electrons. The maximum absolute atomic E-state index is 16.4. The lowest BCUT2D eigenvalue weighted by molar-refractivity contribution is -0.0661. The molecular formula is C32H40F2N6O5. The van der Waals surface area contributed by atoms with Crippen LogP contribution in [0.15, 0.2) is 36.8 Å². The van der Waals surface area contributed by atoms with Crippen LogP contribution in [0.2, 0.25) is 0 Å². The quantitative estimate of drug-likeness (QED) is 0.283. The van der Waals surface area contributed by atoms with E-state index in [-0.39, 0.29) is 18.2 Å². The Balaban J connectivity index is 1.42. The zero-order valence-corrected chi connectivity index (χ0v) is 26.9. The van der Waals surface area contributed by atoms with Crippen molar-refractivity contribution < 1.29 is 32.5 Å². The lowest BCUT2D eigenvalue weighted by Crippen LogP contribution is -2.69. The van der Waals surface area contributed by atoms with Crippen molar-refractivity contribution in [2.45, 2.75) is 82.8 Å². The third-order valence-electron chi connectivity index (χ3n) is 8.70. The molecule has 4 atom stereocenters. The Hall–Kier alpha value is -4.13. The summed E-state index contributed by atoms with van der Waals surface area (Å²) in [5.41, 5.74) is -0.935. The molecule has 5 rings (SSSR count). The van der Waals surface area contributed by atoms with Crippen molar-refractivity contribution >= 4 is 11.9 Å². The summed E-state index contributed by atoms with van der Waals surface area (Å²) >= 11 is 0. The molecule has 2 saturated heterocycles. The van der Waals surface area contributed by atoms with E-state index < -0.39 is 40.8 Å². The highest BCUT2D eigenvalue weighted by Gasteiger charge is 2.64. The van der Waals surface area contributed by atoms with E-state index >= 15 is 8.78 Å². The lowest BCUT2D eigenvalue weighted by Gasteiger charge is -2.54. The van der Waals surface area contributed by atoms with Crippen molar-refractivity contribution in [1.29, 1.82) is 0 Å². The van der Waals surface area contributed by atoms with Crippen LogP contribution in [-0.2, 0) is 9.47 Å². The number of fused-ring (bicyclic) bond motifs is 2. The summed E-state index contributed by atoms with van der Waals surface area (Å²) in [6.45, 7) is 9.11. The second kappa shape index (κ2) is 12.0. The Morgan fingerprint density at radius 1 is 1.09 bits per heavy atom. The van der Waals surface area contributed by atoms with E-state index in [1.807, 2.05) is 6.92 Å². The molecule has 13 heteroatoms. The van der Waals surface area contributed by atoms with Gasteiger partial charge >= 0.3 is 6.09 Å². The van der Waals surface area contributed by atoms with E-state index in [0.29, 0.717) is 47.7 Å². The molecular weight excluding hydrogens is 586 g/mol. The van der Waals surface area contributed by atoms with Crippen LogP contribution >= 0.6 is 0 Å². The molecule has 45 heavy (non-hydrogen) atoms. The van der Waals surface area contributed by atoms with Crippen molar-refractivity contribution in [2.75, 3.05) is 33.0 Å². The summed E-state index contributed by atoms with van der Waals surface area (Å²) in [5, 5.41) is 7.72. The zero-order valence-electron chi connectivity index (χ0n) is 26.9. The second-order valence-corrected chi connectivity index (χ2v) is 13.1. The van der Waals surface area contributed by atoms with Gasteiger partial charge in [0.15, 0.2) is 6.79 Å². The number of carbonyl (C=O) groups is 1. The van der Waals surface area contributed by atoms with Gasteiger partial charge in [-0.15, -0.1) is 5.10 Å². The Morgan fingerprint density at radius 3 is 2.49 bits per heavy atom. The molecule has 1 amide bonds. The first-order valence-electron chi connectivity index (χ1n) is 14.8. The van der Waals surface area contributed by atoms with Gasteiger partial charge in [0, 0.05) is 42.5 Å². The lowest BCUT2D eigenvalue weighted by atomic mass is 9.80. The normalized spacial score (nSPS) is 24.4. The van der Waals surface area contributed by atoms with E-state index in [1.165, 1.54) is 44.9 Å². The average Bonchev–Trinajstić information content (AvgIpc) is 3.23. The van der Waals surface area contributed by atoms with Gasteiger partial charge in [-0.05, 0) is 66.0 Å². The first kappa shape index (κ1) is 32.3. The third-order valence-corrected chi connectivity index (χ3v) is 8.70. The predicted octanol–water partition coefficient (Wildman–Crippen LogP) is 5.83. The zero-order chi connectivity index (χ0) is 32.7. The Bertz CT molecular complexity index is 1550. The van der Waals surface area contributed by atoms with Crippen molar-refractivity contribution in [3.8, 4) is 34.0 Å². The topological polar surface area (TPSA) is 112 Å². The Morgan fingerprint density at radius 2 is 1.84 bits per heavy atom. The van der Waals surface area contributed by atoms with Crippen LogP contribution in [-0.4, -0.2) is 88.1 Å². The number of anilines is 1. The number of halogens is 2. The molecule has 0 unspecified atom stereocenters. The fourth-order valence-electron chi connectivity index (χ4n) is 6.48. The summed E-state index contributed by atoms with van der Waals surface area (Å²) in [5.74, 6) is 0.454. The number of methoxy groups -OCH3 is 2. The number of piperidine rings is 1. The van der Waals surface area contributed by atoms with Crippen LogP contribution in [0.5, 0.6) is 11.6 Å². The largest absolute Gasteiger partial charge is 0.480 e. The summed E-state index contributed by atoms with van der Waals surface area (Å²) < 4.78 is 53.6. The minimum Gasteiger partial charge on any atom is -0.480 e. The van der Waals surface area contributed by atoms with E-state index in [9.17, 15) is 4.79 Å². The van der Waals surface area contributed by atoms with Gasteiger partial charge in [-0.3, -0.25) is 9.88 Å². The number of ether oxygens (including phenoxy) is 4. The first-order chi connectivity index (χ1) is 21.2. The van der Waals surface area contributed by atoms with Crippen LogP contribution in [0, 0.1) is 5.82 Å². The first-order valence-corrected chi connectivity index (χ1v) is 14.8. The van der Waals surface area contributed by atoms with E-state index in [4.69, 9.17) is 18.9 Å². The maximum Gasteiger partial charge on any atom is 0.411 e. The molecule has 2 fully saturated rings. The van der Waals surface area contributed by atoms with Crippen LogP contribution in [0.3, 0.4) is 0 Å². The Kier molecular flexibility index (Phi) is 8.60. The van der Waals surface area contributed by atoms with Crippen LogP contribution < -0.4 is 14.4 Å². The van der Waals surface area contributed by atoms with E-state index in [1.54, 1.807) is 50.6 Å². The number of rotatable bonds is 8. The summed E-state index contributed by atoms with van der Waals surface area (Å²) in [7, 11) is 4.70. The number of alkyl halides is 1. The van der Waals surface area contributed by atoms with Gasteiger partial charge in [-0.2, -0.15) is 5.10 Å². The van der Waals surface area contributed by atoms with Crippen molar-refractivity contribution in [1.82, 2.24) is 25.1 Å². The molecule has 0 spiro atoms. The van der Waals surface area contributed by atoms with Crippen LogP contribution in [0.1, 0.15) is 53.9 Å². The summed E-state index contributed by atoms with van der Waals surface area (Å²) in [6, 6.07) is 3.85. The molecule has 0 aliphatic carbocycles. The minimum absolute atomic E-state index is 0.0817. The number of amides is 1. The van der Waals surface area contributed by atoms with Crippen molar-refractivity contribution in [2.24, 2.45) is 0 Å². The second-order valence-electron chi connectivity index (χ2n) is 13.1. The van der Waals surface area contributed by atoms with Crippen molar-refractivity contribution in [3.63, 3.8) is 0 Å². The molecule has 1 aromatic carbocycles. The maximum atomic E-state index is 16.4. The molecule has 3 aromatic rings. The molecule has 2 aromatic heterocycles. The number of carbonyl (C=O) groups excluding carboxylic acids is 1. The molecule has 0 N–H and O–H groups in total. The molecule has 4 heterocycles. The fourth-order valence-corrected chi connectivity index (χ4v) is 6.48. The third kappa shape index (κ3) is 6.09. The number of hydrogen-bond donors (Lipinski definition) is 0. The van der Waals surface area contributed by atoms with Crippen LogP contribution in [0.25, 0.3) is 22.4 Å². The fraction of sp³-hybridized carbons (Fsp3) is 0.531. The van der Waals surface area contributed by atoms with Gasteiger partial charge in [0.1, 0.15) is 29.2 Å². The average molecular weight is 627 g/mol. The summed E-state index contributed by atoms with van der Waals surface area (Å²) in [4.78, 5) is 25.8. The molecule has 11 nitrogen and oxygen atoms in total. The minimum atomic E-state index is -1.37. The molecule has 2 aliphatic heterocycles. The standard InChI is InChI=1S/C32H40F2N6O5/c1-30(2,3)45-29(41)40-31(4)9-10-32(40,5)28(34)24(14-31)39(6)26-17-35-23(16-36-26)21-12-22(33)20(13-25(21)44-18-42-7)19-11-27(43-8)38-37-15-19/h11-13,15-17,24,28H,9-10,14,18H2,1-8H3/t24-,28-,31-,32+/m0/s1. The molecule has 242 valence electrons. The number of aromatic nitrogens is 4. The SMILES string of the molecule is COCOc1cc(-c2cnnc(OC)c2)c(F)cc1-c1cnc(N(C)[C@H]2C[C@]3(C)CC[C@](C)([C@H]2F)N3C(=O)OC(C)(C)C)cn1. The van der Waals surface area contributed by atoms with E-state index in [2.05, 4.69) is 20.2 Å². The predicted molar refractivity (Wildman–Crippen MR) is 163 cm³/mol. The number of benzene rings is 1. The number of hydrogen-bond acceptors (Lipinski definition) is 10. The highest BCUT2D eigenvalue weighted by molar-refractivity contribution is 5.75. The molecule has 0 saturated carbocycles. The monoisotopic (exact) mass is 626 g/mol. The van der Waals surface area contributed by atoms with Crippen molar-refractivity contribution in [3.05, 3.63) is 42.6 Å². The van der Waals surface area contributed by atoms with Gasteiger partial charge in [-0.1, -0.05) is 0 Å². The van der Waals surface area contributed by atoms with E-state index in [0.717, 1.165) is 0 Å². The molecule has 2 bridgehead atoms. The smallest absolute Gasteiger partial charge is 0.411 e. The number of nitrogens with zero attached hydrogens (tertiary/aromatic N) is 6. The summed E-state index contributed by atoms with van der Waals surface area (Å²) in [6.07, 6.45) is 4.15. The highest BCUT2D eigenvalue weighted by Crippen LogP contribution is 2.53. The van der Waals surface area contributed by atoms with Gasteiger partial charge < -0.3 is 23.8 Å². The highest BCUT2D eigenvalue weighted by atomic mass is 19.1. The van der Waals surface area contributed by atoms with Gasteiger partial charge in [0.25, 0.3) is 0 Å². The van der Waals surface area contributed by atoms with Gasteiger partial charge in [0.05, 0.1) is 43.0 Å². The Labute approximate surface area is 261 Å². The van der Waals surface area contributed by atoms with Crippen LogP contribution in [0.4, 0.5) is 19.4 Å². The molecule has 2 aliphatic rings. The van der Waals surface area contributed by atoms with Gasteiger partial charge in [-0.25, -0.2) is 18.6 Å². The van der Waals surface area contributed by atoms with Gasteiger partial charge in [0.2, 0.25) is 5.88 Å².